The van der Waals surface area contributed by atoms with E-state index in [9.17, 15) is 9.59 Å². The standard InChI is InChI=1S/C22H18ClN3O3S/c1-13-3-6-15(23)9-18(13)25-19(27)10-26-12-24-20-17(11-30-21(20)22(26)28)14-4-7-16(29-2)8-5-14/h3-9,11-12H,10H2,1-2H3,(H,25,27). The number of fused-ring (bicyclic) bond motifs is 1. The Morgan fingerprint density at radius 2 is 2.00 bits per heavy atom. The van der Waals surface area contributed by atoms with Gasteiger partial charge in [-0.15, -0.1) is 11.3 Å². The normalized spacial score (nSPS) is 10.9. The van der Waals surface area contributed by atoms with Crippen molar-refractivity contribution in [2.24, 2.45) is 0 Å². The molecule has 0 spiro atoms. The van der Waals surface area contributed by atoms with Crippen molar-refractivity contribution in [1.82, 2.24) is 9.55 Å². The van der Waals surface area contributed by atoms with Gasteiger partial charge in [0.25, 0.3) is 5.56 Å². The minimum atomic E-state index is -0.324. The summed E-state index contributed by atoms with van der Waals surface area (Å²) in [6.45, 7) is 1.74. The minimum absolute atomic E-state index is 0.135. The highest BCUT2D eigenvalue weighted by Gasteiger charge is 2.14. The summed E-state index contributed by atoms with van der Waals surface area (Å²) in [5.74, 6) is 0.435. The summed E-state index contributed by atoms with van der Waals surface area (Å²) < 4.78 is 7.01. The molecule has 0 bridgehead atoms. The highest BCUT2D eigenvalue weighted by atomic mass is 35.5. The second-order valence-electron chi connectivity index (χ2n) is 6.74. The Kier molecular flexibility index (Phi) is 5.57. The average Bonchev–Trinajstić information content (AvgIpc) is 3.18. The summed E-state index contributed by atoms with van der Waals surface area (Å²) >= 11 is 7.32. The second-order valence-corrected chi connectivity index (χ2v) is 8.06. The van der Waals surface area contributed by atoms with Gasteiger partial charge in [0.1, 0.15) is 17.0 Å². The number of ether oxygens (including phenoxy) is 1. The fourth-order valence-electron chi connectivity index (χ4n) is 3.10. The van der Waals surface area contributed by atoms with Gasteiger partial charge in [-0.05, 0) is 42.3 Å². The van der Waals surface area contributed by atoms with E-state index in [4.69, 9.17) is 16.3 Å². The van der Waals surface area contributed by atoms with E-state index in [0.29, 0.717) is 20.9 Å². The zero-order valence-corrected chi connectivity index (χ0v) is 17.9. The topological polar surface area (TPSA) is 73.2 Å². The summed E-state index contributed by atoms with van der Waals surface area (Å²) in [5.41, 5.74) is 3.70. The second kappa shape index (κ2) is 8.30. The zero-order chi connectivity index (χ0) is 21.3. The maximum Gasteiger partial charge on any atom is 0.271 e. The average molecular weight is 440 g/mol. The molecule has 0 unspecified atom stereocenters. The first-order valence-corrected chi connectivity index (χ1v) is 10.4. The molecule has 1 amide bonds. The van der Waals surface area contributed by atoms with E-state index in [-0.39, 0.29) is 18.0 Å². The number of hydrogen-bond acceptors (Lipinski definition) is 5. The molecular formula is C22H18ClN3O3S. The first-order chi connectivity index (χ1) is 14.5. The van der Waals surface area contributed by atoms with E-state index in [0.717, 1.165) is 22.4 Å². The third kappa shape index (κ3) is 3.94. The van der Waals surface area contributed by atoms with Crippen molar-refractivity contribution in [3.8, 4) is 16.9 Å². The Morgan fingerprint density at radius 1 is 1.23 bits per heavy atom. The zero-order valence-electron chi connectivity index (χ0n) is 16.3. The van der Waals surface area contributed by atoms with Crippen molar-refractivity contribution in [2.45, 2.75) is 13.5 Å². The van der Waals surface area contributed by atoms with Crippen LogP contribution in [0.1, 0.15) is 5.56 Å². The third-order valence-electron chi connectivity index (χ3n) is 4.73. The number of hydrogen-bond donors (Lipinski definition) is 1. The number of carbonyl (C=O) groups is 1. The smallest absolute Gasteiger partial charge is 0.271 e. The largest absolute Gasteiger partial charge is 0.497 e. The fraction of sp³-hybridized carbons (Fsp3) is 0.136. The van der Waals surface area contributed by atoms with Gasteiger partial charge in [-0.25, -0.2) is 4.98 Å². The van der Waals surface area contributed by atoms with Gasteiger partial charge in [0.2, 0.25) is 5.91 Å². The van der Waals surface area contributed by atoms with Crippen molar-refractivity contribution in [1.29, 1.82) is 0 Å². The molecule has 2 heterocycles. The number of aromatic nitrogens is 2. The lowest BCUT2D eigenvalue weighted by molar-refractivity contribution is -0.116. The van der Waals surface area contributed by atoms with Crippen LogP contribution in [0.5, 0.6) is 5.75 Å². The molecule has 4 rings (SSSR count). The van der Waals surface area contributed by atoms with Crippen molar-refractivity contribution in [3.63, 3.8) is 0 Å². The predicted octanol–water partition coefficient (Wildman–Crippen LogP) is 4.73. The lowest BCUT2D eigenvalue weighted by Crippen LogP contribution is -2.27. The van der Waals surface area contributed by atoms with E-state index >= 15 is 0 Å². The number of nitrogens with zero attached hydrogens (tertiary/aromatic N) is 2. The predicted molar refractivity (Wildman–Crippen MR) is 121 cm³/mol. The van der Waals surface area contributed by atoms with Crippen LogP contribution < -0.4 is 15.6 Å². The molecule has 0 aliphatic rings. The molecule has 0 radical (unpaired) electrons. The number of methoxy groups -OCH3 is 1. The molecule has 2 aromatic heterocycles. The molecule has 2 aromatic carbocycles. The van der Waals surface area contributed by atoms with Gasteiger partial charge in [0.05, 0.1) is 19.0 Å². The van der Waals surface area contributed by atoms with E-state index < -0.39 is 0 Å². The number of amides is 1. The molecule has 0 atom stereocenters. The van der Waals surface area contributed by atoms with Crippen molar-refractivity contribution >= 4 is 44.7 Å². The molecule has 1 N–H and O–H groups in total. The summed E-state index contributed by atoms with van der Waals surface area (Å²) in [6.07, 6.45) is 1.41. The lowest BCUT2D eigenvalue weighted by atomic mass is 10.1. The maximum atomic E-state index is 12.9. The van der Waals surface area contributed by atoms with Crippen molar-refractivity contribution in [2.75, 3.05) is 12.4 Å². The van der Waals surface area contributed by atoms with Crippen molar-refractivity contribution in [3.05, 3.63) is 75.1 Å². The van der Waals surface area contributed by atoms with Crippen molar-refractivity contribution < 1.29 is 9.53 Å². The SMILES string of the molecule is COc1ccc(-c2csc3c(=O)n(CC(=O)Nc4cc(Cl)ccc4C)cnc23)cc1. The quantitative estimate of drug-likeness (QED) is 0.487. The molecule has 0 aliphatic carbocycles. The number of rotatable bonds is 5. The third-order valence-corrected chi connectivity index (χ3v) is 5.93. The summed E-state index contributed by atoms with van der Waals surface area (Å²) in [5, 5.41) is 5.23. The Labute approximate surface area is 181 Å². The van der Waals surface area contributed by atoms with Crippen LogP contribution >= 0.6 is 22.9 Å². The van der Waals surface area contributed by atoms with E-state index in [1.54, 1.807) is 19.2 Å². The monoisotopic (exact) mass is 439 g/mol. The number of aryl methyl sites for hydroxylation is 1. The molecule has 30 heavy (non-hydrogen) atoms. The van der Waals surface area contributed by atoms with Gasteiger partial charge in [0, 0.05) is 21.7 Å². The van der Waals surface area contributed by atoms with E-state index in [1.807, 2.05) is 42.6 Å². The molecule has 0 aliphatic heterocycles. The summed E-state index contributed by atoms with van der Waals surface area (Å²) in [4.78, 5) is 29.8. The van der Waals surface area contributed by atoms with Gasteiger partial charge in [-0.3, -0.25) is 14.2 Å². The number of anilines is 1. The summed E-state index contributed by atoms with van der Waals surface area (Å²) in [7, 11) is 1.61. The van der Waals surface area contributed by atoms with Crippen LogP contribution in [-0.2, 0) is 11.3 Å². The van der Waals surface area contributed by atoms with Crippen LogP contribution in [-0.4, -0.2) is 22.6 Å². The Balaban J connectivity index is 1.60. The highest BCUT2D eigenvalue weighted by Crippen LogP contribution is 2.31. The minimum Gasteiger partial charge on any atom is -0.497 e. The molecule has 6 nitrogen and oxygen atoms in total. The van der Waals surface area contributed by atoms with Gasteiger partial charge < -0.3 is 10.1 Å². The highest BCUT2D eigenvalue weighted by molar-refractivity contribution is 7.17. The molecule has 0 saturated heterocycles. The van der Waals surface area contributed by atoms with E-state index in [2.05, 4.69) is 10.3 Å². The molecule has 0 fully saturated rings. The Hall–Kier alpha value is -3.16. The lowest BCUT2D eigenvalue weighted by Gasteiger charge is -2.10. The molecule has 4 aromatic rings. The van der Waals surface area contributed by atoms with Crippen LogP contribution in [0, 0.1) is 6.92 Å². The van der Waals surface area contributed by atoms with Crippen LogP contribution in [0.25, 0.3) is 21.3 Å². The number of halogens is 1. The Morgan fingerprint density at radius 3 is 2.73 bits per heavy atom. The fourth-order valence-corrected chi connectivity index (χ4v) is 4.25. The van der Waals surface area contributed by atoms with Crippen LogP contribution in [0.4, 0.5) is 5.69 Å². The number of nitrogens with one attached hydrogen (secondary N) is 1. The number of carbonyl (C=O) groups excluding carboxylic acids is 1. The van der Waals surface area contributed by atoms with Crippen LogP contribution in [0.2, 0.25) is 5.02 Å². The van der Waals surface area contributed by atoms with Gasteiger partial charge in [0.15, 0.2) is 0 Å². The molecular weight excluding hydrogens is 422 g/mol. The summed E-state index contributed by atoms with van der Waals surface area (Å²) in [6, 6.07) is 12.8. The molecule has 8 heteroatoms. The van der Waals surface area contributed by atoms with E-state index in [1.165, 1.54) is 22.2 Å². The van der Waals surface area contributed by atoms with Crippen LogP contribution in [0.15, 0.2) is 59.0 Å². The first-order valence-electron chi connectivity index (χ1n) is 9.13. The van der Waals surface area contributed by atoms with Gasteiger partial charge in [-0.2, -0.15) is 0 Å². The molecule has 0 saturated carbocycles. The first kappa shape index (κ1) is 20.1. The molecule has 152 valence electrons. The maximum absolute atomic E-state index is 12.9. The van der Waals surface area contributed by atoms with Gasteiger partial charge in [-0.1, -0.05) is 29.8 Å². The number of benzene rings is 2. The van der Waals surface area contributed by atoms with Gasteiger partial charge >= 0.3 is 0 Å². The van der Waals surface area contributed by atoms with Crippen LogP contribution in [0.3, 0.4) is 0 Å². The Bertz CT molecular complexity index is 1300. The number of thiophene rings is 1.